The minimum atomic E-state index is 0.488. The molecule has 1 saturated heterocycles. The minimum Gasteiger partial charge on any atom is -0.372 e. The fraction of sp³-hybridized carbons (Fsp3) is 0.381. The topological polar surface area (TPSA) is 15.6 Å². The van der Waals surface area contributed by atoms with Crippen LogP contribution < -0.4 is 4.90 Å². The Kier molecular flexibility index (Phi) is 4.80. The maximum absolute atomic E-state index is 4.75. The molecule has 0 atom stereocenters. The van der Waals surface area contributed by atoms with Crippen LogP contribution in [-0.4, -0.2) is 19.3 Å². The number of benzene rings is 2. The molecule has 0 spiro atoms. The van der Waals surface area contributed by atoms with Gasteiger partial charge in [0.25, 0.3) is 0 Å². The molecule has 0 radical (unpaired) electrons. The minimum absolute atomic E-state index is 0.488. The first-order valence-corrected chi connectivity index (χ1v) is 8.64. The van der Waals surface area contributed by atoms with E-state index in [2.05, 4.69) is 68.1 Å². The number of aliphatic imine (C=N–C) groups is 1. The van der Waals surface area contributed by atoms with Crippen LogP contribution in [0.15, 0.2) is 47.5 Å². The molecule has 0 bridgehead atoms. The molecule has 2 aromatic rings. The van der Waals surface area contributed by atoms with E-state index in [1.54, 1.807) is 0 Å². The van der Waals surface area contributed by atoms with Gasteiger partial charge in [-0.3, -0.25) is 4.99 Å². The predicted octanol–water partition coefficient (Wildman–Crippen LogP) is 5.47. The molecule has 0 N–H and O–H groups in total. The van der Waals surface area contributed by atoms with Gasteiger partial charge in [0.15, 0.2) is 0 Å². The summed E-state index contributed by atoms with van der Waals surface area (Å²) in [7, 11) is 0. The Morgan fingerprint density at radius 1 is 1.04 bits per heavy atom. The average Bonchev–Trinajstić information content (AvgIpc) is 3.08. The van der Waals surface area contributed by atoms with Crippen molar-refractivity contribution in [1.29, 1.82) is 0 Å². The first-order valence-electron chi connectivity index (χ1n) is 8.64. The third kappa shape index (κ3) is 3.64. The quantitative estimate of drug-likeness (QED) is 0.684. The molecular formula is C21H26N2. The second-order valence-electron chi connectivity index (χ2n) is 6.71. The van der Waals surface area contributed by atoms with Crippen LogP contribution in [0.5, 0.6) is 0 Å². The van der Waals surface area contributed by atoms with Gasteiger partial charge in [0.05, 0.1) is 5.69 Å². The van der Waals surface area contributed by atoms with Crippen molar-refractivity contribution in [2.24, 2.45) is 4.99 Å². The fourth-order valence-corrected chi connectivity index (χ4v) is 3.21. The van der Waals surface area contributed by atoms with Gasteiger partial charge in [-0.1, -0.05) is 38.1 Å². The summed E-state index contributed by atoms with van der Waals surface area (Å²) in [6.07, 6.45) is 4.63. The molecule has 1 heterocycles. The summed E-state index contributed by atoms with van der Waals surface area (Å²) >= 11 is 0. The van der Waals surface area contributed by atoms with E-state index in [1.165, 1.54) is 48.3 Å². The van der Waals surface area contributed by atoms with Crippen LogP contribution in [0.4, 0.5) is 11.4 Å². The number of anilines is 1. The molecule has 3 rings (SSSR count). The Balaban J connectivity index is 1.83. The van der Waals surface area contributed by atoms with E-state index in [4.69, 9.17) is 4.99 Å². The Morgan fingerprint density at radius 3 is 2.48 bits per heavy atom. The maximum Gasteiger partial charge on any atom is 0.0664 e. The third-order valence-corrected chi connectivity index (χ3v) is 4.63. The van der Waals surface area contributed by atoms with Crippen molar-refractivity contribution in [2.45, 2.75) is 39.5 Å². The van der Waals surface area contributed by atoms with Crippen molar-refractivity contribution in [1.82, 2.24) is 0 Å². The van der Waals surface area contributed by atoms with Crippen LogP contribution in [0, 0.1) is 6.92 Å². The first-order chi connectivity index (χ1) is 11.1. The van der Waals surface area contributed by atoms with Crippen molar-refractivity contribution in [2.75, 3.05) is 18.0 Å². The standard InChI is InChI=1S/C21H26N2/c1-16(2)20-8-4-5-9-21(20)22-15-18-10-11-19(14-17(18)3)23-12-6-7-13-23/h4-5,8-11,14-16H,6-7,12-13H2,1-3H3. The first kappa shape index (κ1) is 15.8. The third-order valence-electron chi connectivity index (χ3n) is 4.63. The summed E-state index contributed by atoms with van der Waals surface area (Å²) in [5.74, 6) is 0.488. The highest BCUT2D eigenvalue weighted by molar-refractivity contribution is 5.85. The second kappa shape index (κ2) is 6.99. The van der Waals surface area contributed by atoms with Crippen LogP contribution in [0.1, 0.15) is 49.3 Å². The van der Waals surface area contributed by atoms with E-state index in [1.807, 2.05) is 6.21 Å². The summed E-state index contributed by atoms with van der Waals surface area (Å²) in [6, 6.07) is 15.1. The molecule has 120 valence electrons. The Morgan fingerprint density at radius 2 is 1.78 bits per heavy atom. The van der Waals surface area contributed by atoms with Gasteiger partial charge in [0, 0.05) is 25.0 Å². The summed E-state index contributed by atoms with van der Waals surface area (Å²) < 4.78 is 0. The second-order valence-corrected chi connectivity index (χ2v) is 6.71. The Bertz CT molecular complexity index is 695. The van der Waals surface area contributed by atoms with Gasteiger partial charge < -0.3 is 4.90 Å². The highest BCUT2D eigenvalue weighted by atomic mass is 15.1. The van der Waals surface area contributed by atoms with Crippen LogP contribution in [-0.2, 0) is 0 Å². The molecule has 0 aliphatic carbocycles. The summed E-state index contributed by atoms with van der Waals surface area (Å²) in [4.78, 5) is 7.22. The lowest BCUT2D eigenvalue weighted by molar-refractivity contribution is 0.867. The van der Waals surface area contributed by atoms with E-state index in [-0.39, 0.29) is 0 Å². The molecule has 0 amide bonds. The molecule has 1 fully saturated rings. The van der Waals surface area contributed by atoms with Crippen LogP contribution in [0.25, 0.3) is 0 Å². The SMILES string of the molecule is Cc1cc(N2CCCC2)ccc1C=Nc1ccccc1C(C)C. The van der Waals surface area contributed by atoms with Gasteiger partial charge in [0.1, 0.15) is 0 Å². The van der Waals surface area contributed by atoms with Crippen LogP contribution in [0.3, 0.4) is 0 Å². The van der Waals surface area contributed by atoms with Gasteiger partial charge in [-0.2, -0.15) is 0 Å². The Hall–Kier alpha value is -2.09. The smallest absolute Gasteiger partial charge is 0.0664 e. The van der Waals surface area contributed by atoms with Crippen molar-refractivity contribution in [3.63, 3.8) is 0 Å². The summed E-state index contributed by atoms with van der Waals surface area (Å²) in [5.41, 5.74) is 6.21. The highest BCUT2D eigenvalue weighted by Crippen LogP contribution is 2.27. The number of para-hydroxylation sites is 1. The number of aryl methyl sites for hydroxylation is 1. The van der Waals surface area contributed by atoms with Gasteiger partial charge in [0.2, 0.25) is 0 Å². The van der Waals surface area contributed by atoms with E-state index in [0.717, 1.165) is 5.69 Å². The normalized spacial score (nSPS) is 15.0. The van der Waals surface area contributed by atoms with Gasteiger partial charge >= 0.3 is 0 Å². The highest BCUT2D eigenvalue weighted by Gasteiger charge is 2.12. The summed E-state index contributed by atoms with van der Waals surface area (Å²) in [5, 5.41) is 0. The zero-order valence-corrected chi connectivity index (χ0v) is 14.4. The number of rotatable bonds is 4. The van der Waals surface area contributed by atoms with E-state index < -0.39 is 0 Å². The number of hydrogen-bond acceptors (Lipinski definition) is 2. The van der Waals surface area contributed by atoms with Crippen molar-refractivity contribution >= 4 is 17.6 Å². The zero-order chi connectivity index (χ0) is 16.2. The predicted molar refractivity (Wildman–Crippen MR) is 100 cm³/mol. The van der Waals surface area contributed by atoms with Gasteiger partial charge in [-0.15, -0.1) is 0 Å². The number of nitrogens with zero attached hydrogens (tertiary/aromatic N) is 2. The van der Waals surface area contributed by atoms with Gasteiger partial charge in [-0.05, 0) is 60.6 Å². The van der Waals surface area contributed by atoms with Crippen LogP contribution >= 0.6 is 0 Å². The van der Waals surface area contributed by atoms with Crippen molar-refractivity contribution < 1.29 is 0 Å². The molecular weight excluding hydrogens is 280 g/mol. The van der Waals surface area contributed by atoms with Crippen molar-refractivity contribution in [3.8, 4) is 0 Å². The van der Waals surface area contributed by atoms with E-state index in [0.29, 0.717) is 5.92 Å². The molecule has 2 nitrogen and oxygen atoms in total. The molecule has 0 saturated carbocycles. The Labute approximate surface area is 139 Å². The van der Waals surface area contributed by atoms with E-state index in [9.17, 15) is 0 Å². The van der Waals surface area contributed by atoms with Crippen molar-refractivity contribution in [3.05, 3.63) is 59.2 Å². The lowest BCUT2D eigenvalue weighted by Crippen LogP contribution is -2.17. The maximum atomic E-state index is 4.75. The lowest BCUT2D eigenvalue weighted by atomic mass is 10.0. The number of hydrogen-bond donors (Lipinski definition) is 0. The molecule has 0 aromatic heterocycles. The molecule has 2 heteroatoms. The van der Waals surface area contributed by atoms with Crippen LogP contribution in [0.2, 0.25) is 0 Å². The fourth-order valence-electron chi connectivity index (χ4n) is 3.21. The molecule has 2 aromatic carbocycles. The summed E-state index contributed by atoms with van der Waals surface area (Å²) in [6.45, 7) is 8.98. The lowest BCUT2D eigenvalue weighted by Gasteiger charge is -2.18. The average molecular weight is 306 g/mol. The zero-order valence-electron chi connectivity index (χ0n) is 14.4. The molecule has 23 heavy (non-hydrogen) atoms. The van der Waals surface area contributed by atoms with Gasteiger partial charge in [-0.25, -0.2) is 0 Å². The molecule has 1 aliphatic rings. The monoisotopic (exact) mass is 306 g/mol. The largest absolute Gasteiger partial charge is 0.372 e. The molecule has 1 aliphatic heterocycles. The molecule has 0 unspecified atom stereocenters. The van der Waals surface area contributed by atoms with E-state index >= 15 is 0 Å².